The van der Waals surface area contributed by atoms with E-state index in [0.717, 1.165) is 6.92 Å². The summed E-state index contributed by atoms with van der Waals surface area (Å²) in [6.45, 7) is 2.78. The minimum Gasteiger partial charge on any atom is -0.461 e. The monoisotopic (exact) mass is 274 g/mol. The quantitative estimate of drug-likeness (QED) is 0.860. The Morgan fingerprint density at radius 1 is 1.42 bits per heavy atom. The molecule has 102 valence electrons. The van der Waals surface area contributed by atoms with Crippen LogP contribution in [0, 0.1) is 6.92 Å². The number of aromatic nitrogens is 2. The fraction of sp³-hybridized carbons (Fsp3) is 0.364. The lowest BCUT2D eigenvalue weighted by molar-refractivity contribution is -0.172. The third-order valence-corrected chi connectivity index (χ3v) is 2.55. The molecule has 0 aromatic carbocycles. The molecular weight excluding hydrogens is 265 g/mol. The van der Waals surface area contributed by atoms with Crippen LogP contribution in [-0.2, 0) is 4.79 Å². The minimum absolute atomic E-state index is 0.0133. The lowest BCUT2D eigenvalue weighted by Crippen LogP contribution is -2.27. The first-order valence-electron chi connectivity index (χ1n) is 5.30. The molecule has 0 amide bonds. The summed E-state index contributed by atoms with van der Waals surface area (Å²) >= 11 is 0. The molecule has 19 heavy (non-hydrogen) atoms. The number of carbonyl (C=O) groups is 1. The van der Waals surface area contributed by atoms with E-state index in [-0.39, 0.29) is 5.82 Å². The third-order valence-electron chi connectivity index (χ3n) is 2.55. The average molecular weight is 274 g/mol. The Balaban J connectivity index is 2.27. The summed E-state index contributed by atoms with van der Waals surface area (Å²) in [5.74, 6) is -3.57. The second-order valence-electron chi connectivity index (χ2n) is 3.97. The van der Waals surface area contributed by atoms with Gasteiger partial charge in [0, 0.05) is 0 Å². The molecule has 0 fully saturated rings. The molecule has 0 aliphatic rings. The van der Waals surface area contributed by atoms with Gasteiger partial charge in [0.25, 0.3) is 0 Å². The van der Waals surface area contributed by atoms with Crippen molar-refractivity contribution in [3.63, 3.8) is 0 Å². The van der Waals surface area contributed by atoms with E-state index in [1.165, 1.54) is 6.26 Å². The standard InChI is InChI=1S/C11H9F3N2O3/c1-5-3-4-18-7(5)9-15-10(19-16-9)6(2)8(17)11(12,13)14/h3-4,6H,1-2H3. The molecule has 0 N–H and O–H groups in total. The van der Waals surface area contributed by atoms with Crippen LogP contribution < -0.4 is 0 Å². The molecule has 0 aliphatic carbocycles. The first kappa shape index (κ1) is 13.3. The minimum atomic E-state index is -4.94. The van der Waals surface area contributed by atoms with Gasteiger partial charge in [-0.15, -0.1) is 0 Å². The van der Waals surface area contributed by atoms with E-state index in [4.69, 9.17) is 4.42 Å². The number of hydrogen-bond acceptors (Lipinski definition) is 5. The van der Waals surface area contributed by atoms with Crippen LogP contribution in [0.1, 0.15) is 24.3 Å². The maximum absolute atomic E-state index is 12.3. The smallest absolute Gasteiger partial charge is 0.450 e. The molecule has 0 saturated heterocycles. The summed E-state index contributed by atoms with van der Waals surface area (Å²) in [5.41, 5.74) is 0.710. The molecule has 5 nitrogen and oxygen atoms in total. The predicted octanol–water partition coefficient (Wildman–Crippen LogP) is 2.87. The van der Waals surface area contributed by atoms with Crippen LogP contribution in [0.3, 0.4) is 0 Å². The highest BCUT2D eigenvalue weighted by Gasteiger charge is 2.44. The zero-order chi connectivity index (χ0) is 14.2. The summed E-state index contributed by atoms with van der Waals surface area (Å²) in [6, 6.07) is 1.65. The molecule has 8 heteroatoms. The number of Topliss-reactive ketones (excluding diaryl/α,β-unsaturated/α-hetero) is 1. The molecule has 0 spiro atoms. The molecule has 1 unspecified atom stereocenters. The fourth-order valence-electron chi connectivity index (χ4n) is 1.46. The van der Waals surface area contributed by atoms with Crippen molar-refractivity contribution in [2.75, 3.05) is 0 Å². The number of furan rings is 1. The molecule has 0 saturated carbocycles. The van der Waals surface area contributed by atoms with Gasteiger partial charge in [0.1, 0.15) is 5.92 Å². The van der Waals surface area contributed by atoms with Crippen LogP contribution in [0.2, 0.25) is 0 Å². The highest BCUT2D eigenvalue weighted by molar-refractivity contribution is 5.89. The molecule has 2 aromatic heterocycles. The molecular formula is C11H9F3N2O3. The topological polar surface area (TPSA) is 69.1 Å². The van der Waals surface area contributed by atoms with Crippen molar-refractivity contribution in [1.29, 1.82) is 0 Å². The van der Waals surface area contributed by atoms with Gasteiger partial charge in [-0.3, -0.25) is 4.79 Å². The maximum Gasteiger partial charge on any atom is 0.450 e. The van der Waals surface area contributed by atoms with E-state index in [2.05, 4.69) is 14.7 Å². The Morgan fingerprint density at radius 2 is 2.11 bits per heavy atom. The second-order valence-corrected chi connectivity index (χ2v) is 3.97. The summed E-state index contributed by atoms with van der Waals surface area (Å²) in [4.78, 5) is 14.8. The number of halogens is 3. The Bertz CT molecular complexity index is 600. The Kier molecular flexibility index (Phi) is 3.17. The highest BCUT2D eigenvalue weighted by atomic mass is 19.4. The van der Waals surface area contributed by atoms with Crippen LogP contribution in [0.15, 0.2) is 21.3 Å². The number of alkyl halides is 3. The van der Waals surface area contributed by atoms with Gasteiger partial charge in [0.15, 0.2) is 5.76 Å². The second kappa shape index (κ2) is 4.52. The molecule has 1 atom stereocenters. The Morgan fingerprint density at radius 3 is 2.63 bits per heavy atom. The third kappa shape index (κ3) is 2.51. The molecule has 0 radical (unpaired) electrons. The summed E-state index contributed by atoms with van der Waals surface area (Å²) < 4.78 is 46.6. The largest absolute Gasteiger partial charge is 0.461 e. The first-order valence-corrected chi connectivity index (χ1v) is 5.30. The summed E-state index contributed by atoms with van der Waals surface area (Å²) in [7, 11) is 0. The van der Waals surface area contributed by atoms with Gasteiger partial charge in [-0.1, -0.05) is 5.16 Å². The van der Waals surface area contributed by atoms with E-state index in [9.17, 15) is 18.0 Å². The van der Waals surface area contributed by atoms with Crippen molar-refractivity contribution < 1.29 is 26.9 Å². The van der Waals surface area contributed by atoms with Crippen LogP contribution >= 0.6 is 0 Å². The normalized spacial score (nSPS) is 13.5. The van der Waals surface area contributed by atoms with Crippen LogP contribution in [0.5, 0.6) is 0 Å². The Hall–Kier alpha value is -2.12. The number of nitrogens with zero attached hydrogens (tertiary/aromatic N) is 2. The summed E-state index contributed by atoms with van der Waals surface area (Å²) in [6.07, 6.45) is -3.54. The van der Waals surface area contributed by atoms with Gasteiger partial charge < -0.3 is 8.94 Å². The zero-order valence-electron chi connectivity index (χ0n) is 9.99. The van der Waals surface area contributed by atoms with Crippen LogP contribution in [0.25, 0.3) is 11.6 Å². The van der Waals surface area contributed by atoms with Gasteiger partial charge in [0.2, 0.25) is 17.5 Å². The highest BCUT2D eigenvalue weighted by Crippen LogP contribution is 2.28. The van der Waals surface area contributed by atoms with E-state index in [0.29, 0.717) is 11.3 Å². The maximum atomic E-state index is 12.3. The molecule has 2 aromatic rings. The number of rotatable bonds is 3. The van der Waals surface area contributed by atoms with E-state index in [1.54, 1.807) is 13.0 Å². The average Bonchev–Trinajstić information content (AvgIpc) is 2.93. The number of ketones is 1. The van der Waals surface area contributed by atoms with Crippen LogP contribution in [0.4, 0.5) is 13.2 Å². The van der Waals surface area contributed by atoms with Crippen molar-refractivity contribution in [2.45, 2.75) is 25.9 Å². The van der Waals surface area contributed by atoms with E-state index in [1.807, 2.05) is 0 Å². The molecule has 2 rings (SSSR count). The van der Waals surface area contributed by atoms with Gasteiger partial charge >= 0.3 is 6.18 Å². The molecule has 2 heterocycles. The van der Waals surface area contributed by atoms with E-state index < -0.39 is 23.8 Å². The van der Waals surface area contributed by atoms with E-state index >= 15 is 0 Å². The van der Waals surface area contributed by atoms with Crippen molar-refractivity contribution in [3.8, 4) is 11.6 Å². The number of aryl methyl sites for hydroxylation is 1. The van der Waals surface area contributed by atoms with Gasteiger partial charge in [-0.25, -0.2) is 0 Å². The van der Waals surface area contributed by atoms with Gasteiger partial charge in [-0.05, 0) is 25.5 Å². The fourth-order valence-corrected chi connectivity index (χ4v) is 1.46. The Labute approximate surface area is 105 Å². The van der Waals surface area contributed by atoms with Gasteiger partial charge in [-0.2, -0.15) is 18.2 Å². The number of hydrogen-bond donors (Lipinski definition) is 0. The van der Waals surface area contributed by atoms with Crippen molar-refractivity contribution in [1.82, 2.24) is 10.1 Å². The SMILES string of the molecule is Cc1ccoc1-c1noc(C(C)C(=O)C(F)(F)F)n1. The first-order chi connectivity index (χ1) is 8.80. The van der Waals surface area contributed by atoms with Crippen molar-refractivity contribution >= 4 is 5.78 Å². The van der Waals surface area contributed by atoms with Crippen molar-refractivity contribution in [3.05, 3.63) is 23.8 Å². The predicted molar refractivity (Wildman–Crippen MR) is 56.2 cm³/mol. The molecule has 0 aliphatic heterocycles. The number of carbonyl (C=O) groups excluding carboxylic acids is 1. The van der Waals surface area contributed by atoms with Crippen LogP contribution in [-0.4, -0.2) is 22.1 Å². The lowest BCUT2D eigenvalue weighted by atomic mass is 10.1. The lowest BCUT2D eigenvalue weighted by Gasteiger charge is -2.07. The van der Waals surface area contributed by atoms with Crippen molar-refractivity contribution in [2.24, 2.45) is 0 Å². The molecule has 0 bridgehead atoms. The van der Waals surface area contributed by atoms with Gasteiger partial charge in [0.05, 0.1) is 6.26 Å². The zero-order valence-corrected chi connectivity index (χ0v) is 9.99. The summed E-state index contributed by atoms with van der Waals surface area (Å²) in [5, 5.41) is 3.51.